The third-order valence-electron chi connectivity index (χ3n) is 2.31. The molecule has 0 fully saturated rings. The van der Waals surface area contributed by atoms with Crippen LogP contribution in [0.25, 0.3) is 0 Å². The van der Waals surface area contributed by atoms with E-state index in [4.69, 9.17) is 5.73 Å². The standard InChI is InChI=1S/C11H23N3O2/c1-13-10(15)6-7-11(16)14-9-5-3-2-4-8-12/h2-9,12H2,1H3,(H,13,15)(H,14,16). The van der Waals surface area contributed by atoms with Crippen LogP contribution in [0.5, 0.6) is 0 Å². The molecule has 0 aromatic rings. The molecule has 16 heavy (non-hydrogen) atoms. The third-order valence-corrected chi connectivity index (χ3v) is 2.31. The minimum absolute atomic E-state index is 0.0533. The largest absolute Gasteiger partial charge is 0.359 e. The zero-order valence-electron chi connectivity index (χ0n) is 10.1. The van der Waals surface area contributed by atoms with Crippen LogP contribution >= 0.6 is 0 Å². The van der Waals surface area contributed by atoms with Gasteiger partial charge in [0.1, 0.15) is 0 Å². The van der Waals surface area contributed by atoms with E-state index in [1.165, 1.54) is 0 Å². The van der Waals surface area contributed by atoms with Gasteiger partial charge in [0.15, 0.2) is 0 Å². The van der Waals surface area contributed by atoms with Crippen molar-refractivity contribution < 1.29 is 9.59 Å². The van der Waals surface area contributed by atoms with Crippen LogP contribution in [0.4, 0.5) is 0 Å². The molecular formula is C11H23N3O2. The second-order valence-electron chi connectivity index (χ2n) is 3.73. The lowest BCUT2D eigenvalue weighted by molar-refractivity contribution is -0.126. The van der Waals surface area contributed by atoms with Gasteiger partial charge in [-0.15, -0.1) is 0 Å². The summed E-state index contributed by atoms with van der Waals surface area (Å²) >= 11 is 0. The zero-order chi connectivity index (χ0) is 12.2. The summed E-state index contributed by atoms with van der Waals surface area (Å²) in [6.45, 7) is 1.43. The van der Waals surface area contributed by atoms with E-state index in [9.17, 15) is 9.59 Å². The summed E-state index contributed by atoms with van der Waals surface area (Å²) in [6.07, 6.45) is 4.76. The summed E-state index contributed by atoms with van der Waals surface area (Å²) < 4.78 is 0. The quantitative estimate of drug-likeness (QED) is 0.492. The maximum absolute atomic E-state index is 11.2. The Morgan fingerprint density at radius 3 is 2.25 bits per heavy atom. The fraction of sp³-hybridized carbons (Fsp3) is 0.818. The Balaban J connectivity index is 3.27. The van der Waals surface area contributed by atoms with Gasteiger partial charge in [-0.25, -0.2) is 0 Å². The summed E-state index contributed by atoms with van der Waals surface area (Å²) in [6, 6.07) is 0. The molecular weight excluding hydrogens is 206 g/mol. The van der Waals surface area contributed by atoms with Gasteiger partial charge in [-0.2, -0.15) is 0 Å². The summed E-state index contributed by atoms with van der Waals surface area (Å²) in [5.74, 6) is -0.152. The summed E-state index contributed by atoms with van der Waals surface area (Å²) in [7, 11) is 1.57. The molecule has 4 N–H and O–H groups in total. The third kappa shape index (κ3) is 9.45. The number of unbranched alkanes of at least 4 members (excludes halogenated alkanes) is 3. The Bertz CT molecular complexity index is 207. The Morgan fingerprint density at radius 1 is 1.00 bits per heavy atom. The van der Waals surface area contributed by atoms with E-state index in [1.807, 2.05) is 0 Å². The van der Waals surface area contributed by atoms with Crippen LogP contribution in [0.15, 0.2) is 0 Å². The van der Waals surface area contributed by atoms with Crippen molar-refractivity contribution in [3.05, 3.63) is 0 Å². The van der Waals surface area contributed by atoms with Gasteiger partial charge in [-0.3, -0.25) is 9.59 Å². The molecule has 0 unspecified atom stereocenters. The molecule has 0 radical (unpaired) electrons. The van der Waals surface area contributed by atoms with Crippen molar-refractivity contribution in [3.63, 3.8) is 0 Å². The fourth-order valence-electron chi connectivity index (χ4n) is 1.29. The Morgan fingerprint density at radius 2 is 1.62 bits per heavy atom. The summed E-state index contributed by atoms with van der Waals surface area (Å²) in [4.78, 5) is 22.1. The first-order valence-corrected chi connectivity index (χ1v) is 5.88. The van der Waals surface area contributed by atoms with E-state index in [2.05, 4.69) is 10.6 Å². The highest BCUT2D eigenvalue weighted by molar-refractivity contribution is 5.83. The lowest BCUT2D eigenvalue weighted by Gasteiger charge is -2.04. The topological polar surface area (TPSA) is 84.2 Å². The van der Waals surface area contributed by atoms with Gasteiger partial charge < -0.3 is 16.4 Å². The van der Waals surface area contributed by atoms with Gasteiger partial charge >= 0.3 is 0 Å². The number of nitrogens with two attached hydrogens (primary N) is 1. The average molecular weight is 229 g/mol. The molecule has 0 aliphatic rings. The molecule has 0 saturated heterocycles. The smallest absolute Gasteiger partial charge is 0.220 e. The molecule has 0 aromatic heterocycles. The Labute approximate surface area is 97.2 Å². The molecule has 5 nitrogen and oxygen atoms in total. The van der Waals surface area contributed by atoms with Crippen molar-refractivity contribution in [2.45, 2.75) is 38.5 Å². The maximum atomic E-state index is 11.2. The lowest BCUT2D eigenvalue weighted by atomic mass is 10.2. The molecule has 0 atom stereocenters. The number of hydrogen-bond donors (Lipinski definition) is 3. The molecule has 0 saturated carbocycles. The minimum atomic E-state index is -0.0990. The highest BCUT2D eigenvalue weighted by Gasteiger charge is 2.04. The number of carbonyl (C=O) groups excluding carboxylic acids is 2. The van der Waals surface area contributed by atoms with Crippen molar-refractivity contribution in [3.8, 4) is 0 Å². The average Bonchev–Trinajstić information content (AvgIpc) is 2.30. The monoisotopic (exact) mass is 229 g/mol. The molecule has 0 aliphatic carbocycles. The second-order valence-corrected chi connectivity index (χ2v) is 3.73. The van der Waals surface area contributed by atoms with Gasteiger partial charge in [0.25, 0.3) is 0 Å². The molecule has 0 aromatic carbocycles. The van der Waals surface area contributed by atoms with Crippen molar-refractivity contribution in [1.82, 2.24) is 10.6 Å². The van der Waals surface area contributed by atoms with E-state index in [1.54, 1.807) is 7.05 Å². The van der Waals surface area contributed by atoms with Crippen molar-refractivity contribution >= 4 is 11.8 Å². The first-order valence-electron chi connectivity index (χ1n) is 5.88. The second kappa shape index (κ2) is 10.4. The van der Waals surface area contributed by atoms with Crippen LogP contribution in [0.1, 0.15) is 38.5 Å². The minimum Gasteiger partial charge on any atom is -0.359 e. The highest BCUT2D eigenvalue weighted by atomic mass is 16.2. The number of nitrogens with one attached hydrogen (secondary N) is 2. The lowest BCUT2D eigenvalue weighted by Crippen LogP contribution is -2.26. The number of hydrogen-bond acceptors (Lipinski definition) is 3. The Kier molecular flexibility index (Phi) is 9.70. The number of rotatable bonds is 9. The van der Waals surface area contributed by atoms with Gasteiger partial charge in [-0.1, -0.05) is 12.8 Å². The van der Waals surface area contributed by atoms with Crippen LogP contribution in [0.2, 0.25) is 0 Å². The van der Waals surface area contributed by atoms with E-state index in [-0.39, 0.29) is 24.7 Å². The molecule has 0 aliphatic heterocycles. The van der Waals surface area contributed by atoms with Crippen LogP contribution in [-0.4, -0.2) is 32.0 Å². The van der Waals surface area contributed by atoms with Gasteiger partial charge in [0.05, 0.1) is 0 Å². The van der Waals surface area contributed by atoms with Crippen molar-refractivity contribution in [2.75, 3.05) is 20.1 Å². The number of amides is 2. The van der Waals surface area contributed by atoms with Crippen LogP contribution < -0.4 is 16.4 Å². The van der Waals surface area contributed by atoms with Gasteiger partial charge in [0.2, 0.25) is 11.8 Å². The highest BCUT2D eigenvalue weighted by Crippen LogP contribution is 1.97. The molecule has 2 amide bonds. The molecule has 0 heterocycles. The molecule has 0 spiro atoms. The first-order chi connectivity index (χ1) is 7.70. The van der Waals surface area contributed by atoms with Crippen molar-refractivity contribution in [1.29, 1.82) is 0 Å². The molecule has 0 bridgehead atoms. The van der Waals surface area contributed by atoms with Crippen LogP contribution in [-0.2, 0) is 9.59 Å². The van der Waals surface area contributed by atoms with Gasteiger partial charge in [-0.05, 0) is 19.4 Å². The van der Waals surface area contributed by atoms with E-state index < -0.39 is 0 Å². The molecule has 5 heteroatoms. The van der Waals surface area contributed by atoms with E-state index in [0.29, 0.717) is 6.54 Å². The predicted octanol–water partition coefficient (Wildman–Crippen LogP) is 0.148. The fourth-order valence-corrected chi connectivity index (χ4v) is 1.29. The van der Waals surface area contributed by atoms with E-state index >= 15 is 0 Å². The maximum Gasteiger partial charge on any atom is 0.220 e. The normalized spacial score (nSPS) is 9.88. The van der Waals surface area contributed by atoms with Gasteiger partial charge in [0, 0.05) is 26.4 Å². The molecule has 94 valence electrons. The first kappa shape index (κ1) is 14.9. The summed E-state index contributed by atoms with van der Waals surface area (Å²) in [5.41, 5.74) is 5.36. The van der Waals surface area contributed by atoms with E-state index in [0.717, 1.165) is 32.2 Å². The van der Waals surface area contributed by atoms with Crippen molar-refractivity contribution in [2.24, 2.45) is 5.73 Å². The SMILES string of the molecule is CNC(=O)CCC(=O)NCCCCCCN. The predicted molar refractivity (Wildman–Crippen MR) is 63.8 cm³/mol. The zero-order valence-corrected chi connectivity index (χ0v) is 10.1. The molecule has 0 rings (SSSR count). The summed E-state index contributed by atoms with van der Waals surface area (Å²) in [5, 5.41) is 5.27. The Hall–Kier alpha value is -1.10. The number of carbonyl (C=O) groups is 2. The van der Waals surface area contributed by atoms with Crippen LogP contribution in [0, 0.1) is 0 Å². The van der Waals surface area contributed by atoms with Crippen LogP contribution in [0.3, 0.4) is 0 Å².